The summed E-state index contributed by atoms with van der Waals surface area (Å²) in [4.78, 5) is 23.5. The molecule has 0 bridgehead atoms. The Hall–Kier alpha value is -2.33. The maximum atomic E-state index is 11.8. The zero-order valence-electron chi connectivity index (χ0n) is 12.0. The van der Waals surface area contributed by atoms with E-state index in [2.05, 4.69) is 10.6 Å². The van der Waals surface area contributed by atoms with E-state index in [1.54, 1.807) is 24.3 Å². The summed E-state index contributed by atoms with van der Waals surface area (Å²) < 4.78 is 0. The van der Waals surface area contributed by atoms with Gasteiger partial charge in [-0.3, -0.25) is 9.59 Å². The third kappa shape index (κ3) is 5.22. The number of carbonyl (C=O) groups excluding carboxylic acids is 2. The number of para-hydroxylation sites is 1. The highest BCUT2D eigenvalue weighted by Crippen LogP contribution is 2.20. The van der Waals surface area contributed by atoms with Gasteiger partial charge in [-0.05, 0) is 17.7 Å². The molecule has 2 aromatic rings. The van der Waals surface area contributed by atoms with E-state index in [0.29, 0.717) is 23.7 Å². The van der Waals surface area contributed by atoms with Crippen LogP contribution in [0.3, 0.4) is 0 Å². The van der Waals surface area contributed by atoms with Crippen LogP contribution < -0.4 is 10.6 Å². The minimum Gasteiger partial charge on any atom is -0.355 e. The maximum Gasteiger partial charge on any atom is 0.226 e. The molecule has 0 aromatic heterocycles. The lowest BCUT2D eigenvalue weighted by Crippen LogP contribution is -2.28. The van der Waals surface area contributed by atoms with Crippen LogP contribution in [0.4, 0.5) is 5.69 Å². The van der Waals surface area contributed by atoms with Crippen molar-refractivity contribution in [2.75, 3.05) is 11.9 Å². The van der Waals surface area contributed by atoms with Gasteiger partial charge in [-0.2, -0.15) is 0 Å². The molecule has 0 saturated carbocycles. The molecule has 0 unspecified atom stereocenters. The zero-order chi connectivity index (χ0) is 15.8. The van der Waals surface area contributed by atoms with Crippen LogP contribution in [0.5, 0.6) is 0 Å². The predicted molar refractivity (Wildman–Crippen MR) is 87.9 cm³/mol. The fourth-order valence-corrected chi connectivity index (χ4v) is 2.12. The molecule has 0 aliphatic heterocycles. The number of nitrogens with one attached hydrogen (secondary N) is 2. The highest BCUT2D eigenvalue weighted by molar-refractivity contribution is 6.33. The van der Waals surface area contributed by atoms with Crippen molar-refractivity contribution in [2.45, 2.75) is 12.8 Å². The molecule has 114 valence electrons. The molecule has 0 atom stereocenters. The quantitative estimate of drug-likeness (QED) is 0.860. The Morgan fingerprint density at radius 2 is 1.59 bits per heavy atom. The molecule has 0 radical (unpaired) electrons. The molecule has 2 amide bonds. The molecule has 2 aromatic carbocycles. The van der Waals surface area contributed by atoms with Crippen LogP contribution in [0.2, 0.25) is 5.02 Å². The van der Waals surface area contributed by atoms with Crippen molar-refractivity contribution in [2.24, 2.45) is 0 Å². The average molecular weight is 317 g/mol. The van der Waals surface area contributed by atoms with Gasteiger partial charge in [0.05, 0.1) is 17.1 Å². The molecule has 2 N–H and O–H groups in total. The van der Waals surface area contributed by atoms with E-state index < -0.39 is 0 Å². The van der Waals surface area contributed by atoms with Gasteiger partial charge in [-0.1, -0.05) is 54.1 Å². The Labute approximate surface area is 134 Å². The van der Waals surface area contributed by atoms with Crippen LogP contribution in [0, 0.1) is 0 Å². The SMILES string of the molecule is O=C(Cc1ccccc1)NCCC(=O)Nc1ccccc1Cl. The summed E-state index contributed by atoms with van der Waals surface area (Å²) in [6.07, 6.45) is 0.513. The molecule has 0 aliphatic rings. The van der Waals surface area contributed by atoms with E-state index in [1.807, 2.05) is 30.3 Å². The van der Waals surface area contributed by atoms with E-state index in [-0.39, 0.29) is 18.2 Å². The Morgan fingerprint density at radius 3 is 2.32 bits per heavy atom. The lowest BCUT2D eigenvalue weighted by Gasteiger charge is -2.08. The van der Waals surface area contributed by atoms with Crippen molar-refractivity contribution in [1.82, 2.24) is 5.32 Å². The van der Waals surface area contributed by atoms with Gasteiger partial charge >= 0.3 is 0 Å². The summed E-state index contributed by atoms with van der Waals surface area (Å²) in [7, 11) is 0. The maximum absolute atomic E-state index is 11.8. The normalized spacial score (nSPS) is 10.0. The average Bonchev–Trinajstić information content (AvgIpc) is 2.50. The van der Waals surface area contributed by atoms with E-state index in [9.17, 15) is 9.59 Å². The molecule has 5 heteroatoms. The summed E-state index contributed by atoms with van der Waals surface area (Å²) in [5.74, 6) is -0.287. The first-order chi connectivity index (χ1) is 10.6. The Bertz CT molecular complexity index is 644. The lowest BCUT2D eigenvalue weighted by atomic mass is 10.1. The van der Waals surface area contributed by atoms with Crippen LogP contribution in [0.15, 0.2) is 54.6 Å². The number of benzene rings is 2. The van der Waals surface area contributed by atoms with E-state index in [1.165, 1.54) is 0 Å². The molecule has 22 heavy (non-hydrogen) atoms. The fourth-order valence-electron chi connectivity index (χ4n) is 1.93. The Kier molecular flexibility index (Phi) is 5.98. The molecule has 0 aliphatic carbocycles. The first kappa shape index (κ1) is 16.0. The number of hydrogen-bond donors (Lipinski definition) is 2. The van der Waals surface area contributed by atoms with Gasteiger partial charge in [0, 0.05) is 13.0 Å². The van der Waals surface area contributed by atoms with Crippen LogP contribution in [-0.2, 0) is 16.0 Å². The van der Waals surface area contributed by atoms with E-state index >= 15 is 0 Å². The van der Waals surface area contributed by atoms with Gasteiger partial charge < -0.3 is 10.6 Å². The van der Waals surface area contributed by atoms with E-state index in [0.717, 1.165) is 5.56 Å². The Balaban J connectivity index is 1.71. The number of anilines is 1. The molecule has 0 saturated heterocycles. The van der Waals surface area contributed by atoms with Crippen molar-refractivity contribution in [1.29, 1.82) is 0 Å². The number of halogens is 1. The highest BCUT2D eigenvalue weighted by atomic mass is 35.5. The fraction of sp³-hybridized carbons (Fsp3) is 0.176. The van der Waals surface area contributed by atoms with Crippen LogP contribution >= 0.6 is 11.6 Å². The van der Waals surface area contributed by atoms with Gasteiger partial charge in [0.2, 0.25) is 11.8 Å². The second-order valence-electron chi connectivity index (χ2n) is 4.79. The molecular formula is C17H17ClN2O2. The molecule has 0 spiro atoms. The summed E-state index contributed by atoms with van der Waals surface area (Å²) in [5.41, 5.74) is 1.52. The first-order valence-corrected chi connectivity index (χ1v) is 7.38. The monoisotopic (exact) mass is 316 g/mol. The molecule has 0 fully saturated rings. The van der Waals surface area contributed by atoms with Gasteiger partial charge in [-0.25, -0.2) is 0 Å². The summed E-state index contributed by atoms with van der Waals surface area (Å²) in [6.45, 7) is 0.294. The molecule has 0 heterocycles. The lowest BCUT2D eigenvalue weighted by molar-refractivity contribution is -0.120. The second kappa shape index (κ2) is 8.20. The minimum atomic E-state index is -0.187. The van der Waals surface area contributed by atoms with Gasteiger partial charge in [0.1, 0.15) is 0 Å². The number of rotatable bonds is 6. The van der Waals surface area contributed by atoms with Crippen LogP contribution in [0.25, 0.3) is 0 Å². The minimum absolute atomic E-state index is 0.100. The largest absolute Gasteiger partial charge is 0.355 e. The Morgan fingerprint density at radius 1 is 0.909 bits per heavy atom. The smallest absolute Gasteiger partial charge is 0.226 e. The van der Waals surface area contributed by atoms with Crippen molar-refractivity contribution >= 4 is 29.1 Å². The molecule has 4 nitrogen and oxygen atoms in total. The third-order valence-corrected chi connectivity index (χ3v) is 3.36. The summed E-state index contributed by atoms with van der Waals surface area (Å²) in [6, 6.07) is 16.5. The zero-order valence-corrected chi connectivity index (χ0v) is 12.8. The first-order valence-electron chi connectivity index (χ1n) is 7.00. The van der Waals surface area contributed by atoms with Crippen molar-refractivity contribution in [3.05, 3.63) is 65.2 Å². The van der Waals surface area contributed by atoms with Crippen molar-refractivity contribution in [3.63, 3.8) is 0 Å². The van der Waals surface area contributed by atoms with Crippen LogP contribution in [-0.4, -0.2) is 18.4 Å². The van der Waals surface area contributed by atoms with Gasteiger partial charge in [0.25, 0.3) is 0 Å². The molecular weight excluding hydrogens is 300 g/mol. The second-order valence-corrected chi connectivity index (χ2v) is 5.20. The van der Waals surface area contributed by atoms with Crippen molar-refractivity contribution in [3.8, 4) is 0 Å². The van der Waals surface area contributed by atoms with Gasteiger partial charge in [-0.15, -0.1) is 0 Å². The highest BCUT2D eigenvalue weighted by Gasteiger charge is 2.07. The number of amides is 2. The number of hydrogen-bond acceptors (Lipinski definition) is 2. The van der Waals surface area contributed by atoms with Gasteiger partial charge in [0.15, 0.2) is 0 Å². The predicted octanol–water partition coefficient (Wildman–Crippen LogP) is 3.03. The topological polar surface area (TPSA) is 58.2 Å². The van der Waals surface area contributed by atoms with Crippen molar-refractivity contribution < 1.29 is 9.59 Å². The molecule has 2 rings (SSSR count). The summed E-state index contributed by atoms with van der Waals surface area (Å²) in [5, 5.41) is 5.93. The number of carbonyl (C=O) groups is 2. The van der Waals surface area contributed by atoms with E-state index in [4.69, 9.17) is 11.6 Å². The standard InChI is InChI=1S/C17H17ClN2O2/c18-14-8-4-5-9-15(14)20-16(21)10-11-19-17(22)12-13-6-2-1-3-7-13/h1-9H,10-12H2,(H,19,22)(H,20,21). The van der Waals surface area contributed by atoms with Crippen LogP contribution in [0.1, 0.15) is 12.0 Å². The summed E-state index contributed by atoms with van der Waals surface area (Å²) >= 11 is 5.96. The third-order valence-electron chi connectivity index (χ3n) is 3.03.